The predicted molar refractivity (Wildman–Crippen MR) is 134 cm³/mol. The Morgan fingerprint density at radius 3 is 2.88 bits per heavy atom. The van der Waals surface area contributed by atoms with Crippen LogP contribution in [0, 0.1) is 5.92 Å². The highest BCUT2D eigenvalue weighted by atomic mass is 16.5. The van der Waals surface area contributed by atoms with Gasteiger partial charge in [0, 0.05) is 48.1 Å². The molecule has 6 nitrogen and oxygen atoms in total. The maximum absolute atomic E-state index is 10.8. The van der Waals surface area contributed by atoms with Crippen molar-refractivity contribution >= 4 is 11.5 Å². The quantitative estimate of drug-likeness (QED) is 0.265. The Bertz CT molecular complexity index is 1130. The molecular weight excluding hydrogens is 426 g/mol. The van der Waals surface area contributed by atoms with Crippen LogP contribution in [0.2, 0.25) is 0 Å². The summed E-state index contributed by atoms with van der Waals surface area (Å²) in [5, 5.41) is 24.7. The van der Waals surface area contributed by atoms with E-state index in [1.165, 1.54) is 5.56 Å². The minimum atomic E-state index is -0.639. The van der Waals surface area contributed by atoms with Gasteiger partial charge in [-0.25, -0.2) is 0 Å². The maximum Gasteiger partial charge on any atom is 0.165 e. The third-order valence-electron chi connectivity index (χ3n) is 8.29. The van der Waals surface area contributed by atoms with Gasteiger partial charge in [0.2, 0.25) is 0 Å². The molecule has 2 aromatic carbocycles. The van der Waals surface area contributed by atoms with E-state index in [-0.39, 0.29) is 17.3 Å². The van der Waals surface area contributed by atoms with Crippen LogP contribution in [0.5, 0.6) is 11.5 Å². The van der Waals surface area contributed by atoms with Gasteiger partial charge in [0.25, 0.3) is 0 Å². The number of aliphatic hydroxyl groups is 1. The zero-order valence-electron chi connectivity index (χ0n) is 19.7. The van der Waals surface area contributed by atoms with Gasteiger partial charge in [0.1, 0.15) is 18.0 Å². The van der Waals surface area contributed by atoms with Gasteiger partial charge in [-0.3, -0.25) is 9.89 Å². The molecule has 1 unspecified atom stereocenters. The third-order valence-corrected chi connectivity index (χ3v) is 8.29. The summed E-state index contributed by atoms with van der Waals surface area (Å²) in [6, 6.07) is 14.4. The number of amidine groups is 1. The molecule has 34 heavy (non-hydrogen) atoms. The minimum absolute atomic E-state index is 0.197. The molecule has 2 bridgehead atoms. The van der Waals surface area contributed by atoms with E-state index in [9.17, 15) is 10.2 Å². The van der Waals surface area contributed by atoms with Crippen LogP contribution in [-0.2, 0) is 11.8 Å². The number of ether oxygens (including phenoxy) is 1. The number of nitrogens with zero attached hydrogens (tertiary/aromatic N) is 2. The Balaban J connectivity index is 1.18. The van der Waals surface area contributed by atoms with Gasteiger partial charge in [-0.1, -0.05) is 43.3 Å². The number of aromatic hydroxyl groups is 1. The first kappa shape index (κ1) is 21.7. The number of phenols is 1. The lowest BCUT2D eigenvalue weighted by Crippen LogP contribution is -2.65. The summed E-state index contributed by atoms with van der Waals surface area (Å²) >= 11 is 0. The highest BCUT2D eigenvalue weighted by Gasteiger charge is 2.64. The van der Waals surface area contributed by atoms with E-state index in [1.54, 1.807) is 6.07 Å². The smallest absolute Gasteiger partial charge is 0.165 e. The van der Waals surface area contributed by atoms with E-state index in [2.05, 4.69) is 41.4 Å². The number of likely N-dealkylation sites (tertiary alicyclic amines) is 1. The average Bonchev–Trinajstić information content (AvgIpc) is 3.21. The monoisotopic (exact) mass is 459 g/mol. The van der Waals surface area contributed by atoms with Crippen molar-refractivity contribution in [1.29, 1.82) is 0 Å². The van der Waals surface area contributed by atoms with Gasteiger partial charge in [-0.05, 0) is 49.6 Å². The molecule has 0 saturated carbocycles. The number of hydrogen-bond donors (Lipinski definition) is 3. The first-order chi connectivity index (χ1) is 16.6. The van der Waals surface area contributed by atoms with Crippen LogP contribution in [0.4, 0.5) is 5.69 Å². The number of piperidine rings is 1. The van der Waals surface area contributed by atoms with Gasteiger partial charge in [0.05, 0.1) is 0 Å². The van der Waals surface area contributed by atoms with E-state index in [0.29, 0.717) is 17.7 Å². The number of anilines is 1. The second kappa shape index (κ2) is 8.43. The lowest BCUT2D eigenvalue weighted by molar-refractivity contribution is -0.0516. The molecule has 2 aliphatic carbocycles. The van der Waals surface area contributed by atoms with Crippen molar-refractivity contribution in [3.8, 4) is 11.5 Å². The Morgan fingerprint density at radius 1 is 1.21 bits per heavy atom. The van der Waals surface area contributed by atoms with Crippen LogP contribution < -0.4 is 10.1 Å². The number of hydrogen-bond acceptors (Lipinski definition) is 5. The zero-order valence-corrected chi connectivity index (χ0v) is 19.7. The van der Waals surface area contributed by atoms with Gasteiger partial charge in [0.15, 0.2) is 11.5 Å². The van der Waals surface area contributed by atoms with Crippen molar-refractivity contribution < 1.29 is 14.9 Å². The van der Waals surface area contributed by atoms with E-state index in [4.69, 9.17) is 9.73 Å². The fourth-order valence-corrected chi connectivity index (χ4v) is 6.83. The number of benzene rings is 2. The summed E-state index contributed by atoms with van der Waals surface area (Å²) in [5.41, 5.74) is 3.27. The molecule has 6 heteroatoms. The number of para-hydroxylation sites is 1. The van der Waals surface area contributed by atoms with Crippen molar-refractivity contribution in [2.24, 2.45) is 10.9 Å². The normalized spacial score (nSPS) is 31.2. The van der Waals surface area contributed by atoms with Crippen molar-refractivity contribution in [1.82, 2.24) is 4.90 Å². The number of aliphatic hydroxyl groups excluding tert-OH is 1. The molecule has 178 valence electrons. The molecular formula is C28H33N3O3. The van der Waals surface area contributed by atoms with Crippen molar-refractivity contribution in [2.75, 3.05) is 25.0 Å². The third kappa shape index (κ3) is 3.27. The van der Waals surface area contributed by atoms with Gasteiger partial charge in [-0.15, -0.1) is 0 Å². The summed E-state index contributed by atoms with van der Waals surface area (Å²) in [6.45, 7) is 4.92. The van der Waals surface area contributed by atoms with Crippen molar-refractivity contribution in [3.63, 3.8) is 0 Å². The fourth-order valence-electron chi connectivity index (χ4n) is 6.83. The summed E-state index contributed by atoms with van der Waals surface area (Å²) in [7, 11) is 0. The Hall–Kier alpha value is -2.83. The van der Waals surface area contributed by atoms with Crippen molar-refractivity contribution in [2.45, 2.75) is 56.3 Å². The average molecular weight is 460 g/mol. The largest absolute Gasteiger partial charge is 0.504 e. The topological polar surface area (TPSA) is 77.3 Å². The number of nitrogens with one attached hydrogen (secondary N) is 1. The van der Waals surface area contributed by atoms with Crippen LogP contribution >= 0.6 is 0 Å². The lowest BCUT2D eigenvalue weighted by Gasteiger charge is -2.57. The highest BCUT2D eigenvalue weighted by molar-refractivity contribution is 5.95. The second-order valence-corrected chi connectivity index (χ2v) is 10.0. The number of rotatable bonds is 6. The molecule has 3 N–H and O–H groups in total. The molecule has 4 aliphatic rings. The predicted octanol–water partition coefficient (Wildman–Crippen LogP) is 3.88. The Labute approximate surface area is 201 Å². The molecule has 1 fully saturated rings. The molecule has 2 aromatic rings. The summed E-state index contributed by atoms with van der Waals surface area (Å²) in [5.74, 6) is 2.12. The van der Waals surface area contributed by atoms with Gasteiger partial charge < -0.3 is 20.3 Å². The van der Waals surface area contributed by atoms with Crippen LogP contribution in [0.1, 0.15) is 37.3 Å². The number of phenolic OH excluding ortho intramolecular Hbond substituents is 1. The van der Waals surface area contributed by atoms with E-state index in [0.717, 1.165) is 62.4 Å². The van der Waals surface area contributed by atoms with Crippen molar-refractivity contribution in [3.05, 3.63) is 65.7 Å². The van der Waals surface area contributed by atoms with Gasteiger partial charge in [-0.2, -0.15) is 0 Å². The molecule has 6 rings (SSSR count). The second-order valence-electron chi connectivity index (χ2n) is 10.0. The highest BCUT2D eigenvalue weighted by Crippen LogP contribution is 2.62. The van der Waals surface area contributed by atoms with Crippen LogP contribution in [-0.4, -0.2) is 58.8 Å². The SMILES string of the molecule is CCC(=NCCCN1CC[C@]23c4c5ccc(O)c4O[C@H]2[C@@H](O)C=CC3[C@@H]1C5)Nc1ccccc1. The molecule has 1 saturated heterocycles. The Kier molecular flexibility index (Phi) is 5.38. The summed E-state index contributed by atoms with van der Waals surface area (Å²) in [6.07, 6.45) is 6.96. The van der Waals surface area contributed by atoms with E-state index < -0.39 is 6.10 Å². The fraction of sp³-hybridized carbons (Fsp3) is 0.464. The summed E-state index contributed by atoms with van der Waals surface area (Å²) in [4.78, 5) is 7.46. The lowest BCUT2D eigenvalue weighted by atomic mass is 9.53. The minimum Gasteiger partial charge on any atom is -0.504 e. The van der Waals surface area contributed by atoms with Crippen LogP contribution in [0.3, 0.4) is 0 Å². The molecule has 0 aromatic heterocycles. The van der Waals surface area contributed by atoms with Gasteiger partial charge >= 0.3 is 0 Å². The molecule has 5 atom stereocenters. The summed E-state index contributed by atoms with van der Waals surface area (Å²) < 4.78 is 6.25. The van der Waals surface area contributed by atoms with Crippen LogP contribution in [0.25, 0.3) is 0 Å². The zero-order chi connectivity index (χ0) is 23.3. The molecule has 2 heterocycles. The first-order valence-electron chi connectivity index (χ1n) is 12.6. The standard InChI is InChI=1S/C28H33N3O3/c1-2-24(30-19-7-4-3-5-8-19)29-14-6-15-31-16-13-28-20-10-12-23(33)27(28)34-26-22(32)11-9-18(25(26)28)17-21(20)31/h3-5,7-12,20-21,23,27,32-33H,2,6,13-17H2,1H3,(H,29,30)/t20?,21-,23-,27-,28-/m0/s1. The molecule has 0 amide bonds. The first-order valence-corrected chi connectivity index (χ1v) is 12.6. The van der Waals surface area contributed by atoms with E-state index >= 15 is 0 Å². The maximum atomic E-state index is 10.8. The van der Waals surface area contributed by atoms with Crippen LogP contribution in [0.15, 0.2) is 59.6 Å². The molecule has 0 radical (unpaired) electrons. The Morgan fingerprint density at radius 2 is 2.06 bits per heavy atom. The molecule has 1 spiro atoms. The van der Waals surface area contributed by atoms with E-state index in [1.807, 2.05) is 24.3 Å². The number of aliphatic imine (C=N–C) groups is 1. The molecule has 2 aliphatic heterocycles.